The lowest BCUT2D eigenvalue weighted by Crippen LogP contribution is -2.21. The summed E-state index contributed by atoms with van der Waals surface area (Å²) in [7, 11) is 1.31. The molecular weight excluding hydrogens is 356 g/mol. The van der Waals surface area contributed by atoms with Gasteiger partial charge in [-0.25, -0.2) is 0 Å². The third kappa shape index (κ3) is 1.71. The minimum absolute atomic E-state index is 0.0166. The van der Waals surface area contributed by atoms with Gasteiger partial charge in [0, 0.05) is 5.56 Å². The predicted molar refractivity (Wildman–Crippen MR) is 67.4 cm³/mol. The van der Waals surface area contributed by atoms with Crippen molar-refractivity contribution in [1.82, 2.24) is 0 Å². The van der Waals surface area contributed by atoms with Crippen molar-refractivity contribution in [3.05, 3.63) is 38.0 Å². The highest BCUT2D eigenvalue weighted by Gasteiger charge is 2.34. The molecule has 6 heteroatoms. The zero-order valence-electron chi connectivity index (χ0n) is 8.58. The normalized spacial score (nSPS) is 15.0. The number of methoxy groups -OCH3 is 1. The van der Waals surface area contributed by atoms with E-state index in [0.29, 0.717) is 4.47 Å². The average molecular weight is 362 g/mol. The van der Waals surface area contributed by atoms with Gasteiger partial charge < -0.3 is 9.84 Å². The van der Waals surface area contributed by atoms with Gasteiger partial charge in [0.15, 0.2) is 5.76 Å². The minimum atomic E-state index is -0.477. The summed E-state index contributed by atoms with van der Waals surface area (Å²) in [5, 5.41) is 9.80. The highest BCUT2D eigenvalue weighted by molar-refractivity contribution is 9.12. The molecule has 0 saturated carbocycles. The van der Waals surface area contributed by atoms with Gasteiger partial charge in [0.2, 0.25) is 11.6 Å². The summed E-state index contributed by atoms with van der Waals surface area (Å²) in [5.74, 6) is -1.20. The second-order valence-corrected chi connectivity index (χ2v) is 4.97. The van der Waals surface area contributed by atoms with Crippen molar-refractivity contribution in [1.29, 1.82) is 0 Å². The molecule has 0 radical (unpaired) electrons. The van der Waals surface area contributed by atoms with Gasteiger partial charge in [-0.2, -0.15) is 0 Å². The first kappa shape index (κ1) is 12.3. The molecular formula is C11H6Br2O4. The quantitative estimate of drug-likeness (QED) is 0.835. The number of fused-ring (bicyclic) bond motifs is 1. The van der Waals surface area contributed by atoms with Crippen LogP contribution in [0.25, 0.3) is 0 Å². The standard InChI is InChI=1S/C11H6Br2O4/c1-17-11-7(13)10(16)6-4(8(11)14)2-3-5(12)9(6)15/h2-3,15H,1H3. The van der Waals surface area contributed by atoms with Gasteiger partial charge in [-0.1, -0.05) is 0 Å². The lowest BCUT2D eigenvalue weighted by molar-refractivity contribution is 0.0912. The predicted octanol–water partition coefficient (Wildman–Crippen LogP) is 2.79. The Morgan fingerprint density at radius 2 is 1.82 bits per heavy atom. The molecule has 1 aromatic carbocycles. The Kier molecular flexibility index (Phi) is 3.09. The van der Waals surface area contributed by atoms with Crippen molar-refractivity contribution in [2.75, 3.05) is 7.11 Å². The number of ketones is 2. The Hall–Kier alpha value is -1.14. The highest BCUT2D eigenvalue weighted by Crippen LogP contribution is 2.38. The number of carbonyl (C=O) groups is 2. The zero-order valence-corrected chi connectivity index (χ0v) is 11.8. The van der Waals surface area contributed by atoms with E-state index in [2.05, 4.69) is 31.9 Å². The Labute approximate surface area is 114 Å². The number of phenols is 1. The molecule has 0 aliphatic heterocycles. The fraction of sp³-hybridized carbons (Fsp3) is 0.0909. The molecule has 0 amide bonds. The number of allylic oxidation sites excluding steroid dienone is 2. The van der Waals surface area contributed by atoms with Crippen LogP contribution in [0.4, 0.5) is 0 Å². The number of aromatic hydroxyl groups is 1. The van der Waals surface area contributed by atoms with Gasteiger partial charge >= 0.3 is 0 Å². The van der Waals surface area contributed by atoms with Gasteiger partial charge in [0.05, 0.1) is 17.1 Å². The molecule has 0 heterocycles. The number of Topliss-reactive ketones (excluding diaryl/α,β-unsaturated/α-hetero) is 2. The third-order valence-corrected chi connectivity index (χ3v) is 3.77. The minimum Gasteiger partial charge on any atom is -0.506 e. The number of ether oxygens (including phenoxy) is 1. The molecule has 0 unspecified atom stereocenters. The molecule has 0 bridgehead atoms. The van der Waals surface area contributed by atoms with E-state index in [-0.39, 0.29) is 27.1 Å². The van der Waals surface area contributed by atoms with E-state index in [1.165, 1.54) is 19.2 Å². The molecule has 0 spiro atoms. The van der Waals surface area contributed by atoms with E-state index in [9.17, 15) is 14.7 Å². The Bertz CT molecular complexity index is 575. The van der Waals surface area contributed by atoms with Crippen LogP contribution in [-0.2, 0) is 4.74 Å². The van der Waals surface area contributed by atoms with Gasteiger partial charge in [0.25, 0.3) is 0 Å². The summed E-state index contributed by atoms with van der Waals surface area (Å²) >= 11 is 6.10. The molecule has 1 aliphatic carbocycles. The molecule has 0 aromatic heterocycles. The van der Waals surface area contributed by atoms with E-state index < -0.39 is 11.6 Å². The van der Waals surface area contributed by atoms with Crippen molar-refractivity contribution in [3.63, 3.8) is 0 Å². The molecule has 0 fully saturated rings. The van der Waals surface area contributed by atoms with E-state index in [1.54, 1.807) is 0 Å². The topological polar surface area (TPSA) is 63.6 Å². The van der Waals surface area contributed by atoms with E-state index in [4.69, 9.17) is 4.74 Å². The van der Waals surface area contributed by atoms with Crippen LogP contribution < -0.4 is 0 Å². The van der Waals surface area contributed by atoms with Crippen LogP contribution in [0.1, 0.15) is 20.7 Å². The van der Waals surface area contributed by atoms with Gasteiger partial charge in [-0.3, -0.25) is 9.59 Å². The first-order valence-corrected chi connectivity index (χ1v) is 6.12. The Balaban J connectivity index is 2.77. The molecule has 0 saturated heterocycles. The van der Waals surface area contributed by atoms with Crippen molar-refractivity contribution >= 4 is 43.4 Å². The number of hydrogen-bond donors (Lipinski definition) is 1. The summed E-state index contributed by atoms with van der Waals surface area (Å²) in [6.45, 7) is 0. The van der Waals surface area contributed by atoms with Crippen LogP contribution in [0.3, 0.4) is 0 Å². The molecule has 17 heavy (non-hydrogen) atoms. The first-order valence-electron chi connectivity index (χ1n) is 4.53. The maximum absolute atomic E-state index is 12.0. The van der Waals surface area contributed by atoms with Gasteiger partial charge in [-0.05, 0) is 44.0 Å². The summed E-state index contributed by atoms with van der Waals surface area (Å²) < 4.78 is 5.26. The molecule has 4 nitrogen and oxygen atoms in total. The van der Waals surface area contributed by atoms with Crippen molar-refractivity contribution in [3.8, 4) is 5.75 Å². The number of phenolic OH excluding ortho intramolecular Hbond substituents is 1. The van der Waals surface area contributed by atoms with Gasteiger partial charge in [0.1, 0.15) is 10.2 Å². The van der Waals surface area contributed by atoms with Crippen LogP contribution in [0.2, 0.25) is 0 Å². The highest BCUT2D eigenvalue weighted by atomic mass is 79.9. The number of carbonyl (C=O) groups excluding carboxylic acids is 2. The number of hydrogen-bond acceptors (Lipinski definition) is 4. The van der Waals surface area contributed by atoms with E-state index >= 15 is 0 Å². The van der Waals surface area contributed by atoms with Crippen molar-refractivity contribution < 1.29 is 19.4 Å². The van der Waals surface area contributed by atoms with Crippen molar-refractivity contribution in [2.45, 2.75) is 0 Å². The lowest BCUT2D eigenvalue weighted by Gasteiger charge is -2.18. The molecule has 1 aromatic rings. The smallest absolute Gasteiger partial charge is 0.229 e. The monoisotopic (exact) mass is 360 g/mol. The molecule has 2 rings (SSSR count). The lowest BCUT2D eigenvalue weighted by atomic mass is 9.93. The molecule has 1 N–H and O–H groups in total. The summed E-state index contributed by atoms with van der Waals surface area (Å²) in [4.78, 5) is 24.0. The summed E-state index contributed by atoms with van der Waals surface area (Å²) in [6.07, 6.45) is 0. The Morgan fingerprint density at radius 3 is 2.41 bits per heavy atom. The van der Waals surface area contributed by atoms with Crippen LogP contribution in [-0.4, -0.2) is 23.8 Å². The SMILES string of the molecule is COC1=C(Br)C(=O)c2c(ccc(Br)c2O)C1=O. The summed E-state index contributed by atoms with van der Waals surface area (Å²) in [5.41, 5.74) is 0.118. The van der Waals surface area contributed by atoms with Crippen molar-refractivity contribution in [2.24, 2.45) is 0 Å². The maximum atomic E-state index is 12.0. The number of halogens is 2. The third-order valence-electron chi connectivity index (χ3n) is 2.41. The fourth-order valence-electron chi connectivity index (χ4n) is 1.60. The number of rotatable bonds is 1. The van der Waals surface area contributed by atoms with Crippen LogP contribution in [0.5, 0.6) is 5.75 Å². The average Bonchev–Trinajstić information content (AvgIpc) is 2.30. The molecule has 0 atom stereocenters. The largest absolute Gasteiger partial charge is 0.506 e. The van der Waals surface area contributed by atoms with E-state index in [1.807, 2.05) is 0 Å². The maximum Gasteiger partial charge on any atom is 0.229 e. The van der Waals surface area contributed by atoms with Gasteiger partial charge in [-0.15, -0.1) is 0 Å². The van der Waals surface area contributed by atoms with E-state index in [0.717, 1.165) is 0 Å². The fourth-order valence-corrected chi connectivity index (χ4v) is 2.47. The number of benzene rings is 1. The second-order valence-electron chi connectivity index (χ2n) is 3.32. The van der Waals surface area contributed by atoms with Crippen LogP contribution in [0, 0.1) is 0 Å². The zero-order chi connectivity index (χ0) is 12.7. The second kappa shape index (κ2) is 4.27. The summed E-state index contributed by atoms with van der Waals surface area (Å²) in [6, 6.07) is 2.98. The first-order chi connectivity index (χ1) is 7.99. The Morgan fingerprint density at radius 1 is 1.18 bits per heavy atom. The van der Waals surface area contributed by atoms with Crippen LogP contribution >= 0.6 is 31.9 Å². The molecule has 1 aliphatic rings. The molecule has 88 valence electrons. The van der Waals surface area contributed by atoms with Crippen LogP contribution in [0.15, 0.2) is 26.8 Å².